The number of rotatable bonds is 9. The van der Waals surface area contributed by atoms with Gasteiger partial charge in [-0.1, -0.05) is 35.8 Å². The molecule has 0 bridgehead atoms. The fourth-order valence-corrected chi connectivity index (χ4v) is 2.89. The first-order chi connectivity index (χ1) is 9.85. The Bertz CT molecular complexity index is 443. The van der Waals surface area contributed by atoms with E-state index >= 15 is 0 Å². The van der Waals surface area contributed by atoms with Gasteiger partial charge in [-0.3, -0.25) is 0 Å². The molecule has 0 aliphatic rings. The van der Waals surface area contributed by atoms with Crippen LogP contribution in [0.3, 0.4) is 0 Å². The minimum atomic E-state index is 0.369. The smallest absolute Gasteiger partial charge is 0.0587 e. The van der Waals surface area contributed by atoms with E-state index in [1.54, 1.807) is 7.11 Å². The van der Waals surface area contributed by atoms with Crippen LogP contribution in [-0.2, 0) is 11.2 Å². The van der Waals surface area contributed by atoms with Gasteiger partial charge >= 0.3 is 0 Å². The molecule has 0 spiro atoms. The molecule has 1 aromatic rings. The van der Waals surface area contributed by atoms with Crippen molar-refractivity contribution in [2.45, 2.75) is 47.0 Å². The highest BCUT2D eigenvalue weighted by molar-refractivity contribution is 9.10. The first-order valence-electron chi connectivity index (χ1n) is 7.81. The average molecular weight is 356 g/mol. The fourth-order valence-electron chi connectivity index (χ4n) is 2.43. The molecule has 0 aromatic heterocycles. The minimum absolute atomic E-state index is 0.369. The molecule has 0 saturated heterocycles. The van der Waals surface area contributed by atoms with Gasteiger partial charge in [0.1, 0.15) is 0 Å². The number of nitrogens with one attached hydrogen (secondary N) is 1. The highest BCUT2D eigenvalue weighted by Crippen LogP contribution is 2.29. The van der Waals surface area contributed by atoms with Crippen molar-refractivity contribution in [1.29, 1.82) is 0 Å². The molecule has 0 fully saturated rings. The summed E-state index contributed by atoms with van der Waals surface area (Å²) in [4.78, 5) is 0. The molecule has 0 radical (unpaired) electrons. The Labute approximate surface area is 138 Å². The van der Waals surface area contributed by atoms with Crippen molar-refractivity contribution in [3.63, 3.8) is 0 Å². The van der Waals surface area contributed by atoms with Crippen LogP contribution in [0.5, 0.6) is 0 Å². The normalized spacial score (nSPS) is 11.9. The minimum Gasteiger partial charge on any atom is -0.383 e. The maximum Gasteiger partial charge on any atom is 0.0587 e. The lowest BCUT2D eigenvalue weighted by atomic mass is 9.82. The zero-order valence-electron chi connectivity index (χ0n) is 14.2. The van der Waals surface area contributed by atoms with Crippen molar-refractivity contribution in [2.24, 2.45) is 5.41 Å². The number of methoxy groups -OCH3 is 1. The molecule has 1 rings (SSSR count). The third-order valence-corrected chi connectivity index (χ3v) is 5.00. The summed E-state index contributed by atoms with van der Waals surface area (Å²) in [5, 5.41) is 3.44. The topological polar surface area (TPSA) is 21.3 Å². The number of ether oxygens (including phenoxy) is 1. The van der Waals surface area contributed by atoms with Crippen LogP contribution in [-0.4, -0.2) is 26.8 Å². The van der Waals surface area contributed by atoms with E-state index < -0.39 is 0 Å². The molecule has 0 heterocycles. The van der Waals surface area contributed by atoms with Gasteiger partial charge in [0.05, 0.1) is 6.61 Å². The summed E-state index contributed by atoms with van der Waals surface area (Å²) in [7, 11) is 1.74. The lowest BCUT2D eigenvalue weighted by Crippen LogP contribution is -2.25. The van der Waals surface area contributed by atoms with Gasteiger partial charge in [-0.2, -0.15) is 0 Å². The summed E-state index contributed by atoms with van der Waals surface area (Å²) in [5.74, 6) is 0. The van der Waals surface area contributed by atoms with Crippen LogP contribution in [0.4, 0.5) is 0 Å². The maximum atomic E-state index is 5.05. The van der Waals surface area contributed by atoms with Crippen molar-refractivity contribution in [3.05, 3.63) is 33.3 Å². The fraction of sp³-hybridized carbons (Fsp3) is 0.667. The van der Waals surface area contributed by atoms with Crippen molar-refractivity contribution in [1.82, 2.24) is 5.32 Å². The lowest BCUT2D eigenvalue weighted by Gasteiger charge is -2.25. The number of benzene rings is 1. The molecule has 1 N–H and O–H groups in total. The maximum absolute atomic E-state index is 5.05. The molecule has 0 unspecified atom stereocenters. The number of halogens is 1. The highest BCUT2D eigenvalue weighted by atomic mass is 79.9. The van der Waals surface area contributed by atoms with Crippen LogP contribution in [0.15, 0.2) is 16.6 Å². The zero-order chi connectivity index (χ0) is 15.9. The summed E-state index contributed by atoms with van der Waals surface area (Å²) in [6.07, 6.45) is 3.58. The standard InChI is InChI=1S/C18H30BrNO/c1-14-13-17(19)15(2)12-16(14)6-7-18(3,4)8-9-20-10-11-21-5/h12-13,20H,6-11H2,1-5H3. The van der Waals surface area contributed by atoms with Crippen LogP contribution in [0.1, 0.15) is 43.4 Å². The summed E-state index contributed by atoms with van der Waals surface area (Å²) >= 11 is 3.61. The van der Waals surface area contributed by atoms with Gasteiger partial charge in [0.15, 0.2) is 0 Å². The average Bonchev–Trinajstić information content (AvgIpc) is 2.41. The van der Waals surface area contributed by atoms with Gasteiger partial charge < -0.3 is 10.1 Å². The molecule has 21 heavy (non-hydrogen) atoms. The summed E-state index contributed by atoms with van der Waals surface area (Å²) in [6, 6.07) is 4.57. The highest BCUT2D eigenvalue weighted by Gasteiger charge is 2.17. The Balaban J connectivity index is 2.44. The Kier molecular flexibility index (Phi) is 7.93. The van der Waals surface area contributed by atoms with Crippen molar-refractivity contribution >= 4 is 15.9 Å². The lowest BCUT2D eigenvalue weighted by molar-refractivity contribution is 0.197. The molecule has 0 amide bonds. The predicted molar refractivity (Wildman–Crippen MR) is 95.1 cm³/mol. The van der Waals surface area contributed by atoms with Crippen LogP contribution in [0, 0.1) is 19.3 Å². The Morgan fingerprint density at radius 3 is 2.48 bits per heavy atom. The van der Waals surface area contributed by atoms with Crippen LogP contribution >= 0.6 is 15.9 Å². The van der Waals surface area contributed by atoms with Crippen LogP contribution < -0.4 is 5.32 Å². The molecule has 120 valence electrons. The molecular weight excluding hydrogens is 326 g/mol. The van der Waals surface area contributed by atoms with Crippen molar-refractivity contribution < 1.29 is 4.74 Å². The van der Waals surface area contributed by atoms with Crippen molar-refractivity contribution in [2.75, 3.05) is 26.8 Å². The van der Waals surface area contributed by atoms with Crippen LogP contribution in [0.25, 0.3) is 0 Å². The predicted octanol–water partition coefficient (Wildman–Crippen LogP) is 4.65. The molecule has 3 heteroatoms. The molecule has 0 saturated carbocycles. The molecule has 0 aliphatic heterocycles. The van der Waals surface area contributed by atoms with E-state index in [9.17, 15) is 0 Å². The molecule has 1 aromatic carbocycles. The first kappa shape index (κ1) is 18.7. The largest absolute Gasteiger partial charge is 0.383 e. The third kappa shape index (κ3) is 6.94. The van der Waals surface area contributed by atoms with E-state index in [1.165, 1.54) is 34.0 Å². The van der Waals surface area contributed by atoms with E-state index in [0.717, 1.165) is 26.1 Å². The molecule has 2 nitrogen and oxygen atoms in total. The van der Waals surface area contributed by atoms with Gasteiger partial charge in [0, 0.05) is 18.1 Å². The van der Waals surface area contributed by atoms with E-state index in [4.69, 9.17) is 4.74 Å². The molecular formula is C18H30BrNO. The van der Waals surface area contributed by atoms with Gasteiger partial charge in [-0.25, -0.2) is 0 Å². The zero-order valence-corrected chi connectivity index (χ0v) is 15.8. The first-order valence-corrected chi connectivity index (χ1v) is 8.60. The monoisotopic (exact) mass is 355 g/mol. The summed E-state index contributed by atoms with van der Waals surface area (Å²) in [5.41, 5.74) is 4.57. The Morgan fingerprint density at radius 2 is 1.81 bits per heavy atom. The van der Waals surface area contributed by atoms with Crippen molar-refractivity contribution in [3.8, 4) is 0 Å². The van der Waals surface area contributed by atoms with Gasteiger partial charge in [-0.15, -0.1) is 0 Å². The Hall–Kier alpha value is -0.380. The van der Waals surface area contributed by atoms with E-state index in [1.807, 2.05) is 0 Å². The third-order valence-electron chi connectivity index (χ3n) is 4.15. The SMILES string of the molecule is COCCNCCC(C)(C)CCc1cc(C)c(Br)cc1C. The van der Waals surface area contributed by atoms with Crippen LogP contribution in [0.2, 0.25) is 0 Å². The molecule has 0 aliphatic carbocycles. The van der Waals surface area contributed by atoms with E-state index in [-0.39, 0.29) is 0 Å². The summed E-state index contributed by atoms with van der Waals surface area (Å²) < 4.78 is 6.26. The summed E-state index contributed by atoms with van der Waals surface area (Å²) in [6.45, 7) is 11.9. The second-order valence-corrected chi connectivity index (χ2v) is 7.54. The number of hydrogen-bond donors (Lipinski definition) is 1. The van der Waals surface area contributed by atoms with Gasteiger partial charge in [-0.05, 0) is 67.8 Å². The molecule has 0 atom stereocenters. The second kappa shape index (κ2) is 8.92. The van der Waals surface area contributed by atoms with E-state index in [0.29, 0.717) is 5.41 Å². The van der Waals surface area contributed by atoms with Gasteiger partial charge in [0.2, 0.25) is 0 Å². The van der Waals surface area contributed by atoms with E-state index in [2.05, 4.69) is 61.1 Å². The number of hydrogen-bond acceptors (Lipinski definition) is 2. The second-order valence-electron chi connectivity index (χ2n) is 6.68. The number of aryl methyl sites for hydroxylation is 3. The quantitative estimate of drug-likeness (QED) is 0.650. The van der Waals surface area contributed by atoms with Gasteiger partial charge in [0.25, 0.3) is 0 Å². The Morgan fingerprint density at radius 1 is 1.10 bits per heavy atom.